The largest absolute Gasteiger partial charge is 0.310 e. The Labute approximate surface area is 604 Å². The smallest absolute Gasteiger partial charge is 0.0645 e. The fourth-order valence-electron chi connectivity index (χ4n) is 13.4. The summed E-state index contributed by atoms with van der Waals surface area (Å²) >= 11 is 0. The van der Waals surface area contributed by atoms with E-state index in [0.717, 1.165) is 94.4 Å². The maximum atomic E-state index is 9.53. The summed E-state index contributed by atoms with van der Waals surface area (Å²) in [6, 6.07) is 97.6. The van der Waals surface area contributed by atoms with Gasteiger partial charge in [-0.1, -0.05) is 291 Å². The van der Waals surface area contributed by atoms with Crippen molar-refractivity contribution in [1.82, 2.24) is 9.13 Å². The van der Waals surface area contributed by atoms with Crippen molar-refractivity contribution in [3.8, 4) is 78.1 Å². The third-order valence-corrected chi connectivity index (χ3v) is 18.0. The summed E-state index contributed by atoms with van der Waals surface area (Å²) in [6.07, 6.45) is 0. The monoisotopic (exact) mass is 1290 g/mol. The van der Waals surface area contributed by atoms with Crippen LogP contribution in [0.3, 0.4) is 0 Å². The zero-order valence-corrected chi connectivity index (χ0v) is 53.9. The molecule has 0 saturated carbocycles. The number of anilines is 6. The molecule has 4 heteroatoms. The minimum atomic E-state index is -0.632. The van der Waals surface area contributed by atoms with Crippen molar-refractivity contribution in [1.29, 1.82) is 0 Å². The number of fused-ring (bicyclic) bond motifs is 6. The Bertz CT molecular complexity index is 6770. The normalized spacial score (nSPS) is 13.3. The minimum absolute atomic E-state index is 0.0146. The van der Waals surface area contributed by atoms with Crippen LogP contribution in [0, 0.1) is 0 Å². The number of hydrogen-bond acceptors (Lipinski definition) is 2. The molecule has 18 aromatic rings. The average Bonchev–Trinajstić information content (AvgIpc) is 1.57. The SMILES string of the molecule is [2H]c1c([2H])c(N(c2ccccc2)c2cccc(-c3ccccc3)c2)c([2H])c([2H])c1-c1ccc2c(c1)c1ccccc1n2-c1ccccc1-c1ccccc1.[2H]c1c([2H])c([2H])c(N(c2cccc(-c3ccccc3)c2)c2c([2H])c([2H])c(-c3cc4c5ccccc5n(-c5ccccc5-c5ccccc5)c4c([2H])c3[2H])c([2H])c2[2H])c([2H])c1[2H]. The van der Waals surface area contributed by atoms with Crippen LogP contribution in [0.5, 0.6) is 0 Å². The lowest BCUT2D eigenvalue weighted by atomic mass is 10.0. The van der Waals surface area contributed by atoms with E-state index in [1.165, 1.54) is 4.90 Å². The van der Waals surface area contributed by atoms with Gasteiger partial charge in [-0.2, -0.15) is 0 Å². The highest BCUT2D eigenvalue weighted by molar-refractivity contribution is 6.12. The molecule has 16 aromatic carbocycles. The summed E-state index contributed by atoms with van der Waals surface area (Å²) in [6.45, 7) is 0. The van der Waals surface area contributed by atoms with E-state index in [-0.39, 0.29) is 75.7 Å². The van der Waals surface area contributed by atoms with Crippen LogP contribution >= 0.6 is 0 Å². The fourth-order valence-corrected chi connectivity index (χ4v) is 13.4. The van der Waals surface area contributed by atoms with E-state index >= 15 is 0 Å². The van der Waals surface area contributed by atoms with E-state index in [4.69, 9.17) is 6.85 Å². The quantitative estimate of drug-likeness (QED) is 0.108. The molecule has 0 atom stereocenters. The summed E-state index contributed by atoms with van der Waals surface area (Å²) in [5, 5.41) is 3.34. The maximum Gasteiger partial charge on any atom is 0.0645 e. The third-order valence-electron chi connectivity index (χ3n) is 18.0. The first-order valence-electron chi connectivity index (χ1n) is 40.5. The molecule has 0 aliphatic heterocycles. The van der Waals surface area contributed by atoms with E-state index in [2.05, 4.69) is 65.2 Å². The van der Waals surface area contributed by atoms with Crippen molar-refractivity contribution >= 4 is 77.7 Å². The lowest BCUT2D eigenvalue weighted by Gasteiger charge is -2.26. The molecule has 0 saturated heterocycles. The summed E-state index contributed by atoms with van der Waals surface area (Å²) < 4.78 is 142. The summed E-state index contributed by atoms with van der Waals surface area (Å²) in [7, 11) is 0. The topological polar surface area (TPSA) is 16.3 Å². The molecular weight excluding hydrogens is 1210 g/mol. The molecule has 0 radical (unpaired) electrons. The molecular formula is C96H68N4. The Hall–Kier alpha value is -13.3. The second-order valence-corrected chi connectivity index (χ2v) is 24.0. The van der Waals surface area contributed by atoms with Crippen LogP contribution in [0.2, 0.25) is 0 Å². The average molecular weight is 1290 g/mol. The van der Waals surface area contributed by atoms with Crippen LogP contribution in [-0.2, 0) is 0 Å². The van der Waals surface area contributed by atoms with Crippen molar-refractivity contribution in [2.75, 3.05) is 9.80 Å². The minimum Gasteiger partial charge on any atom is -0.310 e. The summed E-state index contributed by atoms with van der Waals surface area (Å²) in [5.74, 6) is 0. The highest BCUT2D eigenvalue weighted by Crippen LogP contribution is 2.44. The van der Waals surface area contributed by atoms with Gasteiger partial charge in [0.2, 0.25) is 0 Å². The van der Waals surface area contributed by atoms with E-state index in [9.17, 15) is 13.7 Å². The number of para-hydroxylation sites is 6. The highest BCUT2D eigenvalue weighted by atomic mass is 15.1. The van der Waals surface area contributed by atoms with Crippen LogP contribution < -0.4 is 9.80 Å². The summed E-state index contributed by atoms with van der Waals surface area (Å²) in [4.78, 5) is 3.02. The predicted molar refractivity (Wildman–Crippen MR) is 424 cm³/mol. The van der Waals surface area contributed by atoms with Crippen LogP contribution in [0.25, 0.3) is 122 Å². The standard InChI is InChI=1S/2C48H34N2/c2*1-4-15-35(16-5-1)38-19-14-22-42(33-38)49(40-20-8-3-9-21-40)41-30-27-36(28-31-41)39-29-32-48-45(34-39)44-24-11-13-26-47(44)50(48)46-25-12-10-23-43(46)37-17-6-2-7-18-37/h2*1-34H/i3D,8D,9D,20D,21D,27D,28D,29D,30D,31D,32D;27D,28D,30D,31D. The Morgan fingerprint density at radius 3 is 1.06 bits per heavy atom. The molecule has 2 heterocycles. The van der Waals surface area contributed by atoms with Crippen molar-refractivity contribution in [3.05, 3.63) is 412 Å². The molecule has 0 bridgehead atoms. The number of hydrogen-bond donors (Lipinski definition) is 0. The molecule has 0 spiro atoms. The second kappa shape index (κ2) is 27.1. The van der Waals surface area contributed by atoms with Gasteiger partial charge in [0.15, 0.2) is 0 Å². The molecule has 2 aromatic heterocycles. The van der Waals surface area contributed by atoms with Gasteiger partial charge in [-0.3, -0.25) is 0 Å². The molecule has 0 aliphatic rings. The van der Waals surface area contributed by atoms with E-state index in [0.29, 0.717) is 22.0 Å². The zero-order chi connectivity index (χ0) is 79.6. The molecule has 0 amide bonds. The third kappa shape index (κ3) is 11.8. The van der Waals surface area contributed by atoms with E-state index in [1.54, 1.807) is 24.3 Å². The molecule has 100 heavy (non-hydrogen) atoms. The van der Waals surface area contributed by atoms with Crippen LogP contribution in [0.4, 0.5) is 34.1 Å². The van der Waals surface area contributed by atoms with Gasteiger partial charge in [-0.25, -0.2) is 0 Å². The fraction of sp³-hybridized carbons (Fsp3) is 0. The first-order valence-corrected chi connectivity index (χ1v) is 33.0. The van der Waals surface area contributed by atoms with E-state index < -0.39 is 54.4 Å². The lowest BCUT2D eigenvalue weighted by molar-refractivity contribution is 1.18. The molecule has 18 rings (SSSR count). The Morgan fingerprint density at radius 1 is 0.190 bits per heavy atom. The van der Waals surface area contributed by atoms with Crippen molar-refractivity contribution in [3.63, 3.8) is 0 Å². The molecule has 0 N–H and O–H groups in total. The molecule has 4 nitrogen and oxygen atoms in total. The van der Waals surface area contributed by atoms with Gasteiger partial charge >= 0.3 is 0 Å². The van der Waals surface area contributed by atoms with Gasteiger partial charge in [0.25, 0.3) is 0 Å². The summed E-state index contributed by atoms with van der Waals surface area (Å²) in [5.41, 5.74) is 14.6. The lowest BCUT2D eigenvalue weighted by Crippen LogP contribution is -2.09. The molecule has 0 unspecified atom stereocenters. The van der Waals surface area contributed by atoms with Gasteiger partial charge in [0, 0.05) is 66.8 Å². The predicted octanol–water partition coefficient (Wildman–Crippen LogP) is 26.5. The van der Waals surface area contributed by atoms with E-state index in [1.807, 2.05) is 246 Å². The number of benzene rings is 16. The number of aromatic nitrogens is 2. The van der Waals surface area contributed by atoms with Crippen molar-refractivity contribution < 1.29 is 20.6 Å². The van der Waals surface area contributed by atoms with Gasteiger partial charge < -0.3 is 18.9 Å². The zero-order valence-electron chi connectivity index (χ0n) is 68.9. The Kier molecular flexibility index (Phi) is 12.5. The Balaban J connectivity index is 0.000000167. The van der Waals surface area contributed by atoms with Gasteiger partial charge in [-0.05, 0) is 177 Å². The first-order chi connectivity index (χ1) is 55.9. The number of nitrogens with zero attached hydrogens (tertiary/aromatic N) is 4. The maximum absolute atomic E-state index is 9.53. The van der Waals surface area contributed by atoms with Gasteiger partial charge in [0.1, 0.15) is 0 Å². The Morgan fingerprint density at radius 2 is 0.540 bits per heavy atom. The van der Waals surface area contributed by atoms with Crippen molar-refractivity contribution in [2.45, 2.75) is 0 Å². The van der Waals surface area contributed by atoms with Crippen molar-refractivity contribution in [2.24, 2.45) is 0 Å². The van der Waals surface area contributed by atoms with Crippen LogP contribution in [0.15, 0.2) is 412 Å². The van der Waals surface area contributed by atoms with Gasteiger partial charge in [0.05, 0.1) is 54.0 Å². The molecule has 0 fully saturated rings. The number of rotatable bonds is 14. The van der Waals surface area contributed by atoms with Gasteiger partial charge in [-0.15, -0.1) is 0 Å². The first kappa shape index (κ1) is 46.0. The molecule has 0 aliphatic carbocycles. The van der Waals surface area contributed by atoms with Crippen LogP contribution in [0.1, 0.15) is 20.6 Å². The highest BCUT2D eigenvalue weighted by Gasteiger charge is 2.21. The second-order valence-electron chi connectivity index (χ2n) is 24.0. The van der Waals surface area contributed by atoms with Crippen LogP contribution in [-0.4, -0.2) is 9.13 Å². The molecule has 472 valence electrons.